The summed E-state index contributed by atoms with van der Waals surface area (Å²) >= 11 is 0. The van der Waals surface area contributed by atoms with E-state index in [2.05, 4.69) is 10.4 Å². The summed E-state index contributed by atoms with van der Waals surface area (Å²) in [6.45, 7) is 2.43. The highest BCUT2D eigenvalue weighted by molar-refractivity contribution is 5.68. The molecule has 0 amide bonds. The minimum absolute atomic E-state index is 0.0481. The molecule has 0 unspecified atom stereocenters. The summed E-state index contributed by atoms with van der Waals surface area (Å²) in [5.41, 5.74) is 2.12. The number of nitro benzene ring substituents is 1. The first kappa shape index (κ1) is 14.5. The summed E-state index contributed by atoms with van der Waals surface area (Å²) in [5.74, 6) is 0. The fraction of sp³-hybridized carbons (Fsp3) is 0.286. The number of nitro groups is 1. The third-order valence-electron chi connectivity index (χ3n) is 3.14. The van der Waals surface area contributed by atoms with E-state index in [0.717, 1.165) is 17.7 Å². The van der Waals surface area contributed by atoms with Gasteiger partial charge in [0.05, 0.1) is 10.6 Å². The lowest BCUT2D eigenvalue weighted by atomic mass is 10.1. The molecule has 108 valence electrons. The molecule has 2 aromatic rings. The Morgan fingerprint density at radius 1 is 1.52 bits per heavy atom. The Morgan fingerprint density at radius 2 is 2.29 bits per heavy atom. The number of benzene rings is 1. The number of nitriles is 1. The second kappa shape index (κ2) is 6.05. The zero-order valence-electron chi connectivity index (χ0n) is 11.8. The second-order valence-electron chi connectivity index (χ2n) is 4.55. The lowest BCUT2D eigenvalue weighted by Gasteiger charge is -2.07. The van der Waals surface area contributed by atoms with Gasteiger partial charge in [0.25, 0.3) is 0 Å². The van der Waals surface area contributed by atoms with E-state index in [1.165, 1.54) is 6.07 Å². The van der Waals surface area contributed by atoms with Crippen molar-refractivity contribution in [2.45, 2.75) is 19.9 Å². The van der Waals surface area contributed by atoms with Crippen molar-refractivity contribution < 1.29 is 4.92 Å². The van der Waals surface area contributed by atoms with Gasteiger partial charge in [-0.25, -0.2) is 0 Å². The zero-order chi connectivity index (χ0) is 15.4. The molecule has 0 bridgehead atoms. The highest BCUT2D eigenvalue weighted by Gasteiger charge is 2.19. The Kier molecular flexibility index (Phi) is 4.18. The third kappa shape index (κ3) is 3.00. The number of rotatable bonds is 5. The van der Waals surface area contributed by atoms with Crippen LogP contribution in [-0.2, 0) is 20.0 Å². The molecule has 21 heavy (non-hydrogen) atoms. The maximum Gasteiger partial charge on any atom is 0.309 e. The van der Waals surface area contributed by atoms with Crippen molar-refractivity contribution in [2.75, 3.05) is 5.32 Å². The van der Waals surface area contributed by atoms with Crippen molar-refractivity contribution in [3.8, 4) is 6.07 Å². The topological polar surface area (TPSA) is 96.8 Å². The van der Waals surface area contributed by atoms with E-state index in [-0.39, 0.29) is 11.3 Å². The third-order valence-corrected chi connectivity index (χ3v) is 3.14. The molecule has 0 aliphatic carbocycles. The average Bonchev–Trinajstić information content (AvgIpc) is 2.84. The largest absolute Gasteiger partial charge is 0.375 e. The first-order valence-electron chi connectivity index (χ1n) is 6.49. The number of aromatic nitrogens is 2. The number of hydrogen-bond acceptors (Lipinski definition) is 5. The molecule has 1 aromatic carbocycles. The molecule has 2 rings (SSSR count). The molecular weight excluding hydrogens is 270 g/mol. The van der Waals surface area contributed by atoms with E-state index in [9.17, 15) is 10.1 Å². The van der Waals surface area contributed by atoms with Crippen LogP contribution in [-0.4, -0.2) is 14.7 Å². The minimum Gasteiger partial charge on any atom is -0.375 e. The summed E-state index contributed by atoms with van der Waals surface area (Å²) in [6, 6.07) is 6.50. The first-order chi connectivity index (χ1) is 10.1. The van der Waals surface area contributed by atoms with E-state index in [1.54, 1.807) is 16.8 Å². The molecular formula is C14H15N5O2. The van der Waals surface area contributed by atoms with Gasteiger partial charge in [0.15, 0.2) is 0 Å². The van der Waals surface area contributed by atoms with Crippen LogP contribution in [0.15, 0.2) is 24.4 Å². The van der Waals surface area contributed by atoms with Crippen LogP contribution in [0, 0.1) is 21.4 Å². The number of anilines is 1. The lowest BCUT2D eigenvalue weighted by Crippen LogP contribution is -2.05. The van der Waals surface area contributed by atoms with Gasteiger partial charge in [-0.15, -0.1) is 0 Å². The number of hydrogen-bond donors (Lipinski definition) is 1. The fourth-order valence-corrected chi connectivity index (χ4v) is 2.19. The van der Waals surface area contributed by atoms with Gasteiger partial charge in [0, 0.05) is 25.4 Å². The van der Waals surface area contributed by atoms with Crippen molar-refractivity contribution in [1.29, 1.82) is 5.26 Å². The lowest BCUT2D eigenvalue weighted by molar-refractivity contribution is -0.384. The van der Waals surface area contributed by atoms with Crippen molar-refractivity contribution in [3.63, 3.8) is 0 Å². The smallest absolute Gasteiger partial charge is 0.309 e. The number of aryl methyl sites for hydroxylation is 2. The molecule has 0 atom stereocenters. The standard InChI is InChI=1S/C14H15N5O2/c1-3-12-11(9-18(2)17-12)8-16-13-6-4-5-10(7-15)14(13)19(20)21/h4-6,9,16H,3,8H2,1-2H3. The predicted molar refractivity (Wildman–Crippen MR) is 77.7 cm³/mol. The highest BCUT2D eigenvalue weighted by atomic mass is 16.6. The van der Waals surface area contributed by atoms with Crippen LogP contribution in [0.5, 0.6) is 0 Å². The second-order valence-corrected chi connectivity index (χ2v) is 4.55. The van der Waals surface area contributed by atoms with Gasteiger partial charge in [-0.2, -0.15) is 10.4 Å². The van der Waals surface area contributed by atoms with Gasteiger partial charge in [0.2, 0.25) is 0 Å². The van der Waals surface area contributed by atoms with Crippen LogP contribution in [0.2, 0.25) is 0 Å². The molecule has 0 spiro atoms. The van der Waals surface area contributed by atoms with Gasteiger partial charge >= 0.3 is 5.69 Å². The number of nitrogens with zero attached hydrogens (tertiary/aromatic N) is 4. The summed E-state index contributed by atoms with van der Waals surface area (Å²) in [7, 11) is 1.83. The summed E-state index contributed by atoms with van der Waals surface area (Å²) in [6.07, 6.45) is 2.67. The summed E-state index contributed by atoms with van der Waals surface area (Å²) < 4.78 is 1.72. The van der Waals surface area contributed by atoms with Crippen LogP contribution < -0.4 is 5.32 Å². The Hall–Kier alpha value is -2.88. The summed E-state index contributed by atoms with van der Waals surface area (Å²) in [4.78, 5) is 10.6. The monoisotopic (exact) mass is 285 g/mol. The van der Waals surface area contributed by atoms with E-state index in [4.69, 9.17) is 5.26 Å². The van der Waals surface area contributed by atoms with Crippen molar-refractivity contribution in [2.24, 2.45) is 7.05 Å². The molecule has 0 fully saturated rings. The molecule has 1 aromatic heterocycles. The normalized spacial score (nSPS) is 10.1. The van der Waals surface area contributed by atoms with Crippen LogP contribution in [0.4, 0.5) is 11.4 Å². The maximum absolute atomic E-state index is 11.1. The van der Waals surface area contributed by atoms with E-state index < -0.39 is 4.92 Å². The summed E-state index contributed by atoms with van der Waals surface area (Å²) in [5, 5.41) is 27.5. The van der Waals surface area contributed by atoms with Crippen LogP contribution in [0.3, 0.4) is 0 Å². The van der Waals surface area contributed by atoms with Gasteiger partial charge in [-0.1, -0.05) is 13.0 Å². The number of nitrogens with one attached hydrogen (secondary N) is 1. The van der Waals surface area contributed by atoms with Gasteiger partial charge in [-0.3, -0.25) is 14.8 Å². The van der Waals surface area contributed by atoms with Crippen LogP contribution in [0.25, 0.3) is 0 Å². The van der Waals surface area contributed by atoms with E-state index in [0.29, 0.717) is 12.2 Å². The predicted octanol–water partition coefficient (Wildman–Crippen LogP) is 2.37. The van der Waals surface area contributed by atoms with Crippen LogP contribution >= 0.6 is 0 Å². The molecule has 0 radical (unpaired) electrons. The first-order valence-corrected chi connectivity index (χ1v) is 6.49. The molecule has 7 nitrogen and oxygen atoms in total. The molecule has 0 aliphatic rings. The molecule has 1 heterocycles. The van der Waals surface area contributed by atoms with Crippen LogP contribution in [0.1, 0.15) is 23.7 Å². The van der Waals surface area contributed by atoms with E-state index >= 15 is 0 Å². The van der Waals surface area contributed by atoms with Crippen molar-refractivity contribution >= 4 is 11.4 Å². The zero-order valence-corrected chi connectivity index (χ0v) is 11.8. The van der Waals surface area contributed by atoms with Gasteiger partial charge in [0.1, 0.15) is 17.3 Å². The molecule has 7 heteroatoms. The molecule has 0 saturated carbocycles. The Morgan fingerprint density at radius 3 is 2.90 bits per heavy atom. The number of para-hydroxylation sites is 1. The minimum atomic E-state index is -0.537. The quantitative estimate of drug-likeness (QED) is 0.672. The SMILES string of the molecule is CCc1nn(C)cc1CNc1cccc(C#N)c1[N+](=O)[O-]. The molecule has 0 aliphatic heterocycles. The molecule has 1 N–H and O–H groups in total. The Bertz CT molecular complexity index is 715. The Balaban J connectivity index is 2.28. The van der Waals surface area contributed by atoms with Gasteiger partial charge in [-0.05, 0) is 18.6 Å². The average molecular weight is 285 g/mol. The molecule has 0 saturated heterocycles. The van der Waals surface area contributed by atoms with Gasteiger partial charge < -0.3 is 5.32 Å². The highest BCUT2D eigenvalue weighted by Crippen LogP contribution is 2.28. The van der Waals surface area contributed by atoms with E-state index in [1.807, 2.05) is 26.2 Å². The Labute approximate surface area is 122 Å². The van der Waals surface area contributed by atoms with Crippen molar-refractivity contribution in [3.05, 3.63) is 51.3 Å². The maximum atomic E-state index is 11.1. The fourth-order valence-electron chi connectivity index (χ4n) is 2.19. The van der Waals surface area contributed by atoms with Crippen molar-refractivity contribution in [1.82, 2.24) is 9.78 Å².